The highest BCUT2D eigenvalue weighted by atomic mass is 16.5. The highest BCUT2D eigenvalue weighted by Gasteiger charge is 2.18. The molecule has 0 radical (unpaired) electrons. The summed E-state index contributed by atoms with van der Waals surface area (Å²) in [4.78, 5) is 22.9. The second-order valence-electron chi connectivity index (χ2n) is 4.69. The van der Waals surface area contributed by atoms with Gasteiger partial charge in [0.25, 0.3) is 5.91 Å². The minimum absolute atomic E-state index is 0.112. The van der Waals surface area contributed by atoms with Gasteiger partial charge in [-0.05, 0) is 38.8 Å². The van der Waals surface area contributed by atoms with Gasteiger partial charge in [-0.25, -0.2) is 0 Å². The number of carbonyl (C=O) groups is 2. The number of carbonyl (C=O) groups excluding carboxylic acids is 2. The van der Waals surface area contributed by atoms with Gasteiger partial charge in [-0.1, -0.05) is 19.1 Å². The number of hydrogen-bond acceptors (Lipinski definition) is 3. The summed E-state index contributed by atoms with van der Waals surface area (Å²) in [5.74, 6) is 0.304. The lowest BCUT2D eigenvalue weighted by Crippen LogP contribution is -2.41. The van der Waals surface area contributed by atoms with Crippen molar-refractivity contribution in [2.75, 3.05) is 0 Å². The van der Waals surface area contributed by atoms with Gasteiger partial charge < -0.3 is 10.1 Å². The Labute approximate surface area is 114 Å². The molecule has 4 heteroatoms. The molecule has 1 amide bonds. The van der Waals surface area contributed by atoms with Crippen LogP contribution in [0.5, 0.6) is 5.75 Å². The van der Waals surface area contributed by atoms with Crippen LogP contribution in [0.1, 0.15) is 43.1 Å². The van der Waals surface area contributed by atoms with Crippen LogP contribution in [0.15, 0.2) is 18.2 Å². The zero-order chi connectivity index (χ0) is 14.4. The van der Waals surface area contributed by atoms with E-state index in [1.54, 1.807) is 19.1 Å². The molecule has 0 spiro atoms. The standard InChI is InChI=1S/C15H21NO3/c1-5-11(3)16-15(18)12(4)19-14-10(2)7-6-8-13(14)9-17/h6-9,11-12H,5H2,1-4H3,(H,16,18). The molecule has 19 heavy (non-hydrogen) atoms. The topological polar surface area (TPSA) is 55.4 Å². The number of para-hydroxylation sites is 1. The number of benzene rings is 1. The zero-order valence-corrected chi connectivity index (χ0v) is 11.9. The van der Waals surface area contributed by atoms with Crippen LogP contribution < -0.4 is 10.1 Å². The third-order valence-corrected chi connectivity index (χ3v) is 3.03. The smallest absolute Gasteiger partial charge is 0.260 e. The monoisotopic (exact) mass is 263 g/mol. The summed E-state index contributed by atoms with van der Waals surface area (Å²) in [5.41, 5.74) is 1.30. The number of rotatable bonds is 6. The molecule has 2 unspecified atom stereocenters. The Kier molecular flexibility index (Phi) is 5.55. The van der Waals surface area contributed by atoms with E-state index in [0.717, 1.165) is 18.3 Å². The fourth-order valence-electron chi connectivity index (χ4n) is 1.62. The van der Waals surface area contributed by atoms with Gasteiger partial charge in [0, 0.05) is 6.04 Å². The van der Waals surface area contributed by atoms with Crippen molar-refractivity contribution < 1.29 is 14.3 Å². The number of aldehydes is 1. The maximum absolute atomic E-state index is 11.9. The molecule has 0 aliphatic carbocycles. The molecule has 1 aromatic rings. The number of amides is 1. The zero-order valence-electron chi connectivity index (χ0n) is 11.9. The first-order valence-corrected chi connectivity index (χ1v) is 6.51. The summed E-state index contributed by atoms with van der Waals surface area (Å²) in [6, 6.07) is 5.42. The molecule has 0 aromatic heterocycles. The van der Waals surface area contributed by atoms with Crippen LogP contribution in [0.2, 0.25) is 0 Å². The average molecular weight is 263 g/mol. The summed E-state index contributed by atoms with van der Waals surface area (Å²) < 4.78 is 5.63. The Hall–Kier alpha value is -1.84. The lowest BCUT2D eigenvalue weighted by atomic mass is 10.1. The van der Waals surface area contributed by atoms with Crippen LogP contribution >= 0.6 is 0 Å². The molecule has 0 aliphatic heterocycles. The van der Waals surface area contributed by atoms with Crippen molar-refractivity contribution in [2.24, 2.45) is 0 Å². The van der Waals surface area contributed by atoms with Gasteiger partial charge in [-0.2, -0.15) is 0 Å². The van der Waals surface area contributed by atoms with E-state index in [1.807, 2.05) is 26.8 Å². The molecular formula is C15H21NO3. The van der Waals surface area contributed by atoms with Crippen molar-refractivity contribution >= 4 is 12.2 Å². The minimum Gasteiger partial charge on any atom is -0.480 e. The third kappa shape index (κ3) is 4.09. The van der Waals surface area contributed by atoms with E-state index in [4.69, 9.17) is 4.74 Å². The van der Waals surface area contributed by atoms with Crippen LogP contribution in [0.3, 0.4) is 0 Å². The third-order valence-electron chi connectivity index (χ3n) is 3.03. The molecule has 1 aromatic carbocycles. The maximum atomic E-state index is 11.9. The Balaban J connectivity index is 2.79. The molecule has 104 valence electrons. The van der Waals surface area contributed by atoms with Crippen molar-refractivity contribution in [1.82, 2.24) is 5.32 Å². The van der Waals surface area contributed by atoms with Crippen molar-refractivity contribution in [2.45, 2.75) is 46.3 Å². The highest BCUT2D eigenvalue weighted by molar-refractivity contribution is 5.83. The summed E-state index contributed by atoms with van der Waals surface area (Å²) in [7, 11) is 0. The average Bonchev–Trinajstić information content (AvgIpc) is 2.40. The van der Waals surface area contributed by atoms with Crippen molar-refractivity contribution in [3.05, 3.63) is 29.3 Å². The van der Waals surface area contributed by atoms with E-state index in [9.17, 15) is 9.59 Å². The Morgan fingerprint density at radius 1 is 1.42 bits per heavy atom. The van der Waals surface area contributed by atoms with E-state index in [1.165, 1.54) is 0 Å². The molecule has 0 heterocycles. The normalized spacial score (nSPS) is 13.5. The SMILES string of the molecule is CCC(C)NC(=O)C(C)Oc1c(C)cccc1C=O. The molecular weight excluding hydrogens is 242 g/mol. The van der Waals surface area contributed by atoms with Gasteiger partial charge in [0.05, 0.1) is 5.56 Å². The second-order valence-corrected chi connectivity index (χ2v) is 4.69. The van der Waals surface area contributed by atoms with Crippen molar-refractivity contribution in [1.29, 1.82) is 0 Å². The van der Waals surface area contributed by atoms with Crippen molar-refractivity contribution in [3.63, 3.8) is 0 Å². The Bertz CT molecular complexity index is 457. The number of ether oxygens (including phenoxy) is 1. The molecule has 0 bridgehead atoms. The molecule has 0 saturated carbocycles. The van der Waals surface area contributed by atoms with Crippen LogP contribution in [-0.2, 0) is 4.79 Å². The van der Waals surface area contributed by atoms with Crippen LogP contribution in [0, 0.1) is 6.92 Å². The summed E-state index contributed by atoms with van der Waals surface area (Å²) >= 11 is 0. The first-order valence-electron chi connectivity index (χ1n) is 6.51. The van der Waals surface area contributed by atoms with E-state index < -0.39 is 6.10 Å². The van der Waals surface area contributed by atoms with E-state index >= 15 is 0 Å². The van der Waals surface area contributed by atoms with E-state index in [-0.39, 0.29) is 11.9 Å². The second kappa shape index (κ2) is 6.92. The Morgan fingerprint density at radius 3 is 2.68 bits per heavy atom. The molecule has 4 nitrogen and oxygen atoms in total. The minimum atomic E-state index is -0.631. The van der Waals surface area contributed by atoms with Crippen LogP contribution in [-0.4, -0.2) is 24.3 Å². The highest BCUT2D eigenvalue weighted by Crippen LogP contribution is 2.23. The van der Waals surface area contributed by atoms with E-state index in [0.29, 0.717) is 11.3 Å². The van der Waals surface area contributed by atoms with Gasteiger partial charge in [-0.15, -0.1) is 0 Å². The summed E-state index contributed by atoms with van der Waals surface area (Å²) in [6.45, 7) is 7.47. The summed E-state index contributed by atoms with van der Waals surface area (Å²) in [5, 5.41) is 2.85. The first kappa shape index (κ1) is 15.2. The largest absolute Gasteiger partial charge is 0.480 e. The fraction of sp³-hybridized carbons (Fsp3) is 0.467. The number of hydrogen-bond donors (Lipinski definition) is 1. The molecule has 1 N–H and O–H groups in total. The van der Waals surface area contributed by atoms with Gasteiger partial charge in [0.15, 0.2) is 12.4 Å². The number of aryl methyl sites for hydroxylation is 1. The predicted molar refractivity (Wildman–Crippen MR) is 74.6 cm³/mol. The van der Waals surface area contributed by atoms with Gasteiger partial charge in [0.2, 0.25) is 0 Å². The lowest BCUT2D eigenvalue weighted by molar-refractivity contribution is -0.127. The van der Waals surface area contributed by atoms with E-state index in [2.05, 4.69) is 5.32 Å². The van der Waals surface area contributed by atoms with Crippen molar-refractivity contribution in [3.8, 4) is 5.75 Å². The molecule has 0 fully saturated rings. The van der Waals surface area contributed by atoms with Gasteiger partial charge in [-0.3, -0.25) is 9.59 Å². The number of nitrogens with one attached hydrogen (secondary N) is 1. The molecule has 1 rings (SSSR count). The molecule has 0 saturated heterocycles. The summed E-state index contributed by atoms with van der Waals surface area (Å²) in [6.07, 6.45) is 0.970. The van der Waals surface area contributed by atoms with Crippen LogP contribution in [0.4, 0.5) is 0 Å². The molecule has 0 aliphatic rings. The quantitative estimate of drug-likeness (QED) is 0.802. The Morgan fingerprint density at radius 2 is 2.11 bits per heavy atom. The lowest BCUT2D eigenvalue weighted by Gasteiger charge is -2.19. The van der Waals surface area contributed by atoms with Gasteiger partial charge >= 0.3 is 0 Å². The van der Waals surface area contributed by atoms with Gasteiger partial charge in [0.1, 0.15) is 5.75 Å². The predicted octanol–water partition coefficient (Wildman–Crippen LogP) is 2.49. The van der Waals surface area contributed by atoms with Crippen LogP contribution in [0.25, 0.3) is 0 Å². The first-order chi connectivity index (χ1) is 8.99. The maximum Gasteiger partial charge on any atom is 0.260 e. The molecule has 2 atom stereocenters. The fourth-order valence-corrected chi connectivity index (χ4v) is 1.62.